The summed E-state index contributed by atoms with van der Waals surface area (Å²) in [6.45, 7) is 2.28. The predicted octanol–water partition coefficient (Wildman–Crippen LogP) is 2.97. The molecular formula is C20H22BrN5O3. The summed E-state index contributed by atoms with van der Waals surface area (Å²) in [7, 11) is 3.14. The molecule has 152 valence electrons. The molecule has 3 aromatic rings. The maximum absolute atomic E-state index is 12.5. The van der Waals surface area contributed by atoms with Crippen molar-refractivity contribution in [3.8, 4) is 5.75 Å². The van der Waals surface area contributed by atoms with Crippen molar-refractivity contribution in [2.24, 2.45) is 4.99 Å². The van der Waals surface area contributed by atoms with Gasteiger partial charge in [0.25, 0.3) is 5.91 Å². The van der Waals surface area contributed by atoms with Crippen molar-refractivity contribution in [3.05, 3.63) is 58.5 Å². The fourth-order valence-corrected chi connectivity index (χ4v) is 3.16. The topological polar surface area (TPSA) is 90.1 Å². The van der Waals surface area contributed by atoms with E-state index in [-0.39, 0.29) is 12.5 Å². The van der Waals surface area contributed by atoms with Gasteiger partial charge in [0.05, 0.1) is 26.0 Å². The standard InChI is InChI=1S/C20H22BrN5O3/c1-13(22-2)20(27)23-16(12-29-11-14-7-5-4-6-8-14)18-24-25-19-17(28-3)9-15(21)10-26(18)19/h4-10,16H,11-12H2,1-3H3,(H,23,27)/t16-/m1/s1. The number of hydrogen-bond acceptors (Lipinski definition) is 6. The van der Waals surface area contributed by atoms with Gasteiger partial charge in [-0.3, -0.25) is 14.2 Å². The highest BCUT2D eigenvalue weighted by Crippen LogP contribution is 2.26. The van der Waals surface area contributed by atoms with Gasteiger partial charge < -0.3 is 14.8 Å². The van der Waals surface area contributed by atoms with Gasteiger partial charge in [-0.25, -0.2) is 0 Å². The number of carbonyl (C=O) groups excluding carboxylic acids is 1. The van der Waals surface area contributed by atoms with E-state index in [9.17, 15) is 4.79 Å². The minimum Gasteiger partial charge on any atom is -0.493 e. The van der Waals surface area contributed by atoms with Crippen LogP contribution in [-0.4, -0.2) is 47.0 Å². The molecule has 0 fully saturated rings. The highest BCUT2D eigenvalue weighted by Gasteiger charge is 2.23. The lowest BCUT2D eigenvalue weighted by Crippen LogP contribution is -2.36. The molecule has 1 N–H and O–H groups in total. The molecular weight excluding hydrogens is 438 g/mol. The van der Waals surface area contributed by atoms with E-state index in [1.165, 1.54) is 0 Å². The first kappa shape index (κ1) is 20.9. The number of carbonyl (C=O) groups is 1. The maximum atomic E-state index is 12.5. The zero-order chi connectivity index (χ0) is 20.8. The second-order valence-corrected chi connectivity index (χ2v) is 7.23. The molecule has 0 aliphatic heterocycles. The number of nitrogens with zero attached hydrogens (tertiary/aromatic N) is 4. The Bertz CT molecular complexity index is 1020. The molecule has 1 atom stereocenters. The largest absolute Gasteiger partial charge is 0.493 e. The summed E-state index contributed by atoms with van der Waals surface area (Å²) in [5.74, 6) is 0.809. The summed E-state index contributed by atoms with van der Waals surface area (Å²) in [4.78, 5) is 16.4. The third kappa shape index (κ3) is 4.99. The van der Waals surface area contributed by atoms with Crippen LogP contribution < -0.4 is 10.1 Å². The highest BCUT2D eigenvalue weighted by molar-refractivity contribution is 9.10. The van der Waals surface area contributed by atoms with Crippen LogP contribution in [0.4, 0.5) is 0 Å². The second-order valence-electron chi connectivity index (χ2n) is 6.31. The molecule has 29 heavy (non-hydrogen) atoms. The first-order valence-corrected chi connectivity index (χ1v) is 9.77. The number of aromatic nitrogens is 3. The minimum absolute atomic E-state index is 0.216. The molecule has 0 bridgehead atoms. The summed E-state index contributed by atoms with van der Waals surface area (Å²) in [6, 6.07) is 11.1. The molecule has 0 saturated heterocycles. The Hall–Kier alpha value is -2.78. The zero-order valence-corrected chi connectivity index (χ0v) is 18.0. The van der Waals surface area contributed by atoms with Gasteiger partial charge in [0, 0.05) is 17.7 Å². The predicted molar refractivity (Wildman–Crippen MR) is 113 cm³/mol. The number of methoxy groups -OCH3 is 1. The first-order valence-electron chi connectivity index (χ1n) is 8.97. The lowest BCUT2D eigenvalue weighted by Gasteiger charge is -2.18. The molecule has 0 radical (unpaired) electrons. The summed E-state index contributed by atoms with van der Waals surface area (Å²) in [5.41, 5.74) is 1.96. The Morgan fingerprint density at radius 2 is 2.07 bits per heavy atom. The molecule has 0 aliphatic rings. The van der Waals surface area contributed by atoms with Gasteiger partial charge in [-0.05, 0) is 34.5 Å². The average Bonchev–Trinajstić information content (AvgIpc) is 3.16. The zero-order valence-electron chi connectivity index (χ0n) is 16.4. The van der Waals surface area contributed by atoms with Gasteiger partial charge in [-0.15, -0.1) is 10.2 Å². The van der Waals surface area contributed by atoms with Crippen LogP contribution in [-0.2, 0) is 16.1 Å². The van der Waals surface area contributed by atoms with Crippen molar-refractivity contribution in [1.29, 1.82) is 0 Å². The van der Waals surface area contributed by atoms with Crippen LogP contribution in [0.2, 0.25) is 0 Å². The van der Waals surface area contributed by atoms with E-state index in [0.29, 0.717) is 29.5 Å². The molecule has 2 heterocycles. The molecule has 0 aliphatic carbocycles. The van der Waals surface area contributed by atoms with E-state index in [1.807, 2.05) is 36.5 Å². The molecule has 1 amide bonds. The smallest absolute Gasteiger partial charge is 0.265 e. The van der Waals surface area contributed by atoms with E-state index < -0.39 is 6.04 Å². The minimum atomic E-state index is -0.531. The summed E-state index contributed by atoms with van der Waals surface area (Å²) >= 11 is 3.47. The third-order valence-corrected chi connectivity index (χ3v) is 4.79. The van der Waals surface area contributed by atoms with Crippen molar-refractivity contribution < 1.29 is 14.3 Å². The summed E-state index contributed by atoms with van der Waals surface area (Å²) in [6.07, 6.45) is 1.82. The van der Waals surface area contributed by atoms with Crippen LogP contribution >= 0.6 is 15.9 Å². The van der Waals surface area contributed by atoms with Gasteiger partial charge in [0.2, 0.25) is 5.65 Å². The Balaban J connectivity index is 1.89. The normalized spacial score (nSPS) is 12.8. The number of rotatable bonds is 8. The van der Waals surface area contributed by atoms with Crippen LogP contribution in [0.5, 0.6) is 5.75 Å². The van der Waals surface area contributed by atoms with Crippen molar-refractivity contribution >= 4 is 33.2 Å². The fourth-order valence-electron chi connectivity index (χ4n) is 2.75. The van der Waals surface area contributed by atoms with Gasteiger partial charge >= 0.3 is 0 Å². The molecule has 2 aromatic heterocycles. The molecule has 0 saturated carbocycles. The Kier molecular flexibility index (Phi) is 6.95. The number of halogens is 1. The fraction of sp³-hybridized carbons (Fsp3) is 0.300. The van der Waals surface area contributed by atoms with Crippen molar-refractivity contribution in [3.63, 3.8) is 0 Å². The summed E-state index contributed by atoms with van der Waals surface area (Å²) < 4.78 is 13.8. The lowest BCUT2D eigenvalue weighted by molar-refractivity contribution is -0.116. The SMILES string of the molecule is CN=C(C)C(=O)N[C@H](COCc1ccccc1)c1nnc2c(OC)cc(Br)cn12. The third-order valence-electron chi connectivity index (χ3n) is 4.36. The first-order chi connectivity index (χ1) is 14.0. The number of amides is 1. The highest BCUT2D eigenvalue weighted by atomic mass is 79.9. The Morgan fingerprint density at radius 3 is 2.76 bits per heavy atom. The molecule has 1 aromatic carbocycles. The Morgan fingerprint density at radius 1 is 1.31 bits per heavy atom. The number of nitrogens with one attached hydrogen (secondary N) is 1. The number of aliphatic imine (C=N–C) groups is 1. The number of pyridine rings is 1. The van der Waals surface area contributed by atoms with E-state index in [2.05, 4.69) is 36.4 Å². The monoisotopic (exact) mass is 459 g/mol. The number of benzene rings is 1. The van der Waals surface area contributed by atoms with E-state index in [1.54, 1.807) is 31.5 Å². The molecule has 3 rings (SSSR count). The number of ether oxygens (including phenoxy) is 2. The van der Waals surface area contributed by atoms with E-state index in [0.717, 1.165) is 10.0 Å². The van der Waals surface area contributed by atoms with Gasteiger partial charge in [-0.1, -0.05) is 30.3 Å². The Labute approximate surface area is 177 Å². The van der Waals surface area contributed by atoms with Crippen molar-refractivity contribution in [1.82, 2.24) is 19.9 Å². The van der Waals surface area contributed by atoms with Crippen LogP contribution in [0, 0.1) is 0 Å². The van der Waals surface area contributed by atoms with E-state index >= 15 is 0 Å². The van der Waals surface area contributed by atoms with Gasteiger partial charge in [0.15, 0.2) is 11.6 Å². The average molecular weight is 460 g/mol. The van der Waals surface area contributed by atoms with Crippen LogP contribution in [0.1, 0.15) is 24.4 Å². The molecule has 0 spiro atoms. The van der Waals surface area contributed by atoms with Crippen LogP contribution in [0.15, 0.2) is 52.1 Å². The van der Waals surface area contributed by atoms with Crippen LogP contribution in [0.25, 0.3) is 5.65 Å². The quantitative estimate of drug-likeness (QED) is 0.522. The second kappa shape index (κ2) is 9.62. The van der Waals surface area contributed by atoms with Crippen molar-refractivity contribution in [2.45, 2.75) is 19.6 Å². The van der Waals surface area contributed by atoms with Gasteiger partial charge in [0.1, 0.15) is 6.04 Å². The van der Waals surface area contributed by atoms with Gasteiger partial charge in [-0.2, -0.15) is 0 Å². The van der Waals surface area contributed by atoms with Crippen LogP contribution in [0.3, 0.4) is 0 Å². The van der Waals surface area contributed by atoms with E-state index in [4.69, 9.17) is 9.47 Å². The molecule has 9 heteroatoms. The van der Waals surface area contributed by atoms with Crippen molar-refractivity contribution in [2.75, 3.05) is 20.8 Å². The maximum Gasteiger partial charge on any atom is 0.265 e. The lowest BCUT2D eigenvalue weighted by atomic mass is 10.2. The number of fused-ring (bicyclic) bond motifs is 1. The number of hydrogen-bond donors (Lipinski definition) is 1. The molecule has 8 nitrogen and oxygen atoms in total. The summed E-state index contributed by atoms with van der Waals surface area (Å²) in [5, 5.41) is 11.4. The molecule has 0 unspecified atom stereocenters.